The van der Waals surface area contributed by atoms with Gasteiger partial charge in [0.2, 0.25) is 0 Å². The molecule has 1 fully saturated rings. The van der Waals surface area contributed by atoms with Gasteiger partial charge in [0, 0.05) is 24.4 Å². The maximum Gasteiger partial charge on any atom is 0.335 e. The molecule has 2 atom stereocenters. The third-order valence-electron chi connectivity index (χ3n) is 6.53. The first-order chi connectivity index (χ1) is 14.6. The number of carbonyl (C=O) groups excluding carboxylic acids is 1. The molecule has 2 aliphatic heterocycles. The van der Waals surface area contributed by atoms with Gasteiger partial charge in [-0.15, -0.1) is 0 Å². The molecular formula is C25H29N3O3. The van der Waals surface area contributed by atoms with E-state index in [9.17, 15) is 9.59 Å². The first-order valence-electron chi connectivity index (χ1n) is 10.6. The minimum Gasteiger partial charge on any atom is -0.478 e. The third kappa shape index (κ3) is 3.72. The van der Waals surface area contributed by atoms with Crippen molar-refractivity contribution in [3.05, 3.63) is 64.7 Å². The first-order valence-corrected chi connectivity index (χ1v) is 10.6. The number of aromatic carboxylic acids is 1. The highest BCUT2D eigenvalue weighted by atomic mass is 16.4. The summed E-state index contributed by atoms with van der Waals surface area (Å²) in [5, 5.41) is 10.6. The van der Waals surface area contributed by atoms with Gasteiger partial charge in [-0.3, -0.25) is 4.79 Å². The molecule has 162 valence electrons. The molecule has 0 aliphatic carbocycles. The molecule has 0 spiro atoms. The maximum atomic E-state index is 13.1. The van der Waals surface area contributed by atoms with Gasteiger partial charge in [0.05, 0.1) is 17.3 Å². The van der Waals surface area contributed by atoms with E-state index < -0.39 is 5.97 Å². The van der Waals surface area contributed by atoms with Crippen LogP contribution in [0, 0.1) is 0 Å². The van der Waals surface area contributed by atoms with Gasteiger partial charge in [-0.05, 0) is 79.3 Å². The summed E-state index contributed by atoms with van der Waals surface area (Å²) < 4.78 is 0. The van der Waals surface area contributed by atoms with Crippen molar-refractivity contribution in [2.75, 3.05) is 17.0 Å². The van der Waals surface area contributed by atoms with Crippen LogP contribution in [0.25, 0.3) is 6.08 Å². The molecule has 0 aromatic heterocycles. The molecule has 2 aromatic rings. The summed E-state index contributed by atoms with van der Waals surface area (Å²) in [7, 11) is 2.14. The Kier molecular flexibility index (Phi) is 5.13. The number of hydrazine groups is 1. The molecule has 0 radical (unpaired) electrons. The second-order valence-corrected chi connectivity index (χ2v) is 9.27. The molecule has 2 heterocycles. The fourth-order valence-corrected chi connectivity index (χ4v) is 4.66. The average Bonchev–Trinajstić information content (AvgIpc) is 3.00. The largest absolute Gasteiger partial charge is 0.478 e. The van der Waals surface area contributed by atoms with E-state index in [-0.39, 0.29) is 22.9 Å². The number of hydrogen-bond donors (Lipinski definition) is 2. The molecule has 6 nitrogen and oxygen atoms in total. The molecule has 31 heavy (non-hydrogen) atoms. The van der Waals surface area contributed by atoms with Crippen LogP contribution in [0.4, 0.5) is 11.4 Å². The Morgan fingerprint density at radius 1 is 1.16 bits per heavy atom. The summed E-state index contributed by atoms with van der Waals surface area (Å²) in [6, 6.07) is 13.0. The number of benzene rings is 2. The van der Waals surface area contributed by atoms with Gasteiger partial charge in [-0.1, -0.05) is 19.9 Å². The van der Waals surface area contributed by atoms with E-state index in [4.69, 9.17) is 5.11 Å². The lowest BCUT2D eigenvalue weighted by Gasteiger charge is -2.43. The molecule has 0 saturated carbocycles. The highest BCUT2D eigenvalue weighted by Gasteiger charge is 2.35. The normalized spacial score (nSPS) is 23.9. The molecule has 1 saturated heterocycles. The number of amides is 1. The molecular weight excluding hydrogens is 390 g/mol. The lowest BCUT2D eigenvalue weighted by Crippen LogP contribution is -2.41. The van der Waals surface area contributed by atoms with E-state index >= 15 is 0 Å². The zero-order valence-electron chi connectivity index (χ0n) is 18.6. The van der Waals surface area contributed by atoms with Crippen molar-refractivity contribution in [3.8, 4) is 0 Å². The van der Waals surface area contributed by atoms with E-state index in [1.54, 1.807) is 12.1 Å². The quantitative estimate of drug-likeness (QED) is 0.729. The Morgan fingerprint density at radius 3 is 2.48 bits per heavy atom. The van der Waals surface area contributed by atoms with Crippen molar-refractivity contribution in [1.29, 1.82) is 0 Å². The predicted molar refractivity (Wildman–Crippen MR) is 123 cm³/mol. The number of hydrogen-bond acceptors (Lipinski definition) is 4. The average molecular weight is 420 g/mol. The molecule has 0 bridgehead atoms. The van der Waals surface area contributed by atoms with Gasteiger partial charge in [-0.25, -0.2) is 15.2 Å². The second-order valence-electron chi connectivity index (χ2n) is 9.27. The van der Waals surface area contributed by atoms with Crippen molar-refractivity contribution in [1.82, 2.24) is 5.43 Å². The maximum absolute atomic E-state index is 13.1. The van der Waals surface area contributed by atoms with Gasteiger partial charge in [0.1, 0.15) is 0 Å². The minimum atomic E-state index is -0.989. The first kappa shape index (κ1) is 21.1. The summed E-state index contributed by atoms with van der Waals surface area (Å²) in [5.41, 5.74) is 8.30. The van der Waals surface area contributed by atoms with Crippen molar-refractivity contribution in [2.45, 2.75) is 51.6 Å². The summed E-state index contributed by atoms with van der Waals surface area (Å²) in [6.07, 6.45) is 3.04. The number of carboxylic acid groups (broad SMARTS) is 1. The van der Waals surface area contributed by atoms with Crippen LogP contribution in [0.2, 0.25) is 0 Å². The van der Waals surface area contributed by atoms with Crippen LogP contribution in [-0.4, -0.2) is 36.1 Å². The SMILES string of the molecule is CC1NN(c2ccc(C(=O)O)cc2)C(=O)C1=Cc1ccc2c(c1)C(C)(C)CC(C)N2C. The van der Waals surface area contributed by atoms with Crippen LogP contribution in [0.1, 0.15) is 55.6 Å². The minimum absolute atomic E-state index is 0.0667. The van der Waals surface area contributed by atoms with Crippen molar-refractivity contribution >= 4 is 29.3 Å². The van der Waals surface area contributed by atoms with Crippen LogP contribution in [0.3, 0.4) is 0 Å². The van der Waals surface area contributed by atoms with E-state index in [1.807, 2.05) is 13.0 Å². The van der Waals surface area contributed by atoms with Crippen LogP contribution < -0.4 is 15.3 Å². The Morgan fingerprint density at radius 2 is 1.84 bits per heavy atom. The molecule has 4 rings (SSSR count). The summed E-state index contributed by atoms with van der Waals surface area (Å²) >= 11 is 0. The van der Waals surface area contributed by atoms with Crippen LogP contribution >= 0.6 is 0 Å². The lowest BCUT2D eigenvalue weighted by atomic mass is 9.74. The monoisotopic (exact) mass is 419 g/mol. The molecule has 2 aromatic carbocycles. The third-order valence-corrected chi connectivity index (χ3v) is 6.53. The number of fused-ring (bicyclic) bond motifs is 1. The summed E-state index contributed by atoms with van der Waals surface area (Å²) in [4.78, 5) is 26.5. The smallest absolute Gasteiger partial charge is 0.335 e. The zero-order valence-corrected chi connectivity index (χ0v) is 18.6. The van der Waals surface area contributed by atoms with Crippen LogP contribution in [0.15, 0.2) is 48.0 Å². The van der Waals surface area contributed by atoms with E-state index in [0.29, 0.717) is 17.3 Å². The van der Waals surface area contributed by atoms with Crippen molar-refractivity contribution in [3.63, 3.8) is 0 Å². The number of nitrogens with zero attached hydrogens (tertiary/aromatic N) is 2. The van der Waals surface area contributed by atoms with E-state index in [1.165, 1.54) is 28.4 Å². The summed E-state index contributed by atoms with van der Waals surface area (Å²) in [5.74, 6) is -1.12. The number of carboxylic acids is 1. The number of carbonyl (C=O) groups is 2. The second kappa shape index (κ2) is 7.54. The summed E-state index contributed by atoms with van der Waals surface area (Å²) in [6.45, 7) is 8.76. The standard InChI is InChI=1S/C25H29N3O3/c1-15-14-25(3,4)21-13-17(6-11-22(21)27(15)5)12-20-16(2)26-28(23(20)29)19-9-7-18(8-10-19)24(30)31/h6-13,15-16,26H,14H2,1-5H3,(H,30,31). The highest BCUT2D eigenvalue weighted by Crippen LogP contribution is 2.42. The number of nitrogens with one attached hydrogen (secondary N) is 1. The Bertz CT molecular complexity index is 1070. The highest BCUT2D eigenvalue weighted by molar-refractivity contribution is 6.11. The van der Waals surface area contributed by atoms with Crippen LogP contribution in [0.5, 0.6) is 0 Å². The van der Waals surface area contributed by atoms with Crippen molar-refractivity contribution in [2.24, 2.45) is 0 Å². The molecule has 1 amide bonds. The van der Waals surface area contributed by atoms with Gasteiger partial charge in [-0.2, -0.15) is 0 Å². The lowest BCUT2D eigenvalue weighted by molar-refractivity contribution is -0.114. The van der Waals surface area contributed by atoms with Gasteiger partial charge in [0.15, 0.2) is 0 Å². The molecule has 6 heteroatoms. The topological polar surface area (TPSA) is 72.9 Å². The van der Waals surface area contributed by atoms with Gasteiger partial charge in [0.25, 0.3) is 5.91 Å². The Balaban J connectivity index is 1.65. The fraction of sp³-hybridized carbons (Fsp3) is 0.360. The zero-order chi connectivity index (χ0) is 22.5. The predicted octanol–water partition coefficient (Wildman–Crippen LogP) is 4.21. The van der Waals surface area contributed by atoms with Gasteiger partial charge < -0.3 is 10.0 Å². The molecule has 2 unspecified atom stereocenters. The van der Waals surface area contributed by atoms with E-state index in [2.05, 4.69) is 56.3 Å². The van der Waals surface area contributed by atoms with E-state index in [0.717, 1.165) is 12.0 Å². The number of anilines is 2. The molecule has 2 aliphatic rings. The van der Waals surface area contributed by atoms with Crippen molar-refractivity contribution < 1.29 is 14.7 Å². The fourth-order valence-electron chi connectivity index (χ4n) is 4.66. The Hall–Kier alpha value is -3.12. The number of rotatable bonds is 3. The molecule has 2 N–H and O–H groups in total. The van der Waals surface area contributed by atoms with Gasteiger partial charge >= 0.3 is 5.97 Å². The van der Waals surface area contributed by atoms with Crippen LogP contribution in [-0.2, 0) is 10.2 Å². The Labute approximate surface area is 183 Å².